The number of rotatable bonds is 2. The highest BCUT2D eigenvalue weighted by Gasteiger charge is 2.43. The Balaban J connectivity index is 1.40. The summed E-state index contributed by atoms with van der Waals surface area (Å²) in [6.07, 6.45) is 1.56. The summed E-state index contributed by atoms with van der Waals surface area (Å²) in [7, 11) is 0. The summed E-state index contributed by atoms with van der Waals surface area (Å²) >= 11 is 0. The van der Waals surface area contributed by atoms with Crippen molar-refractivity contribution in [1.29, 1.82) is 0 Å². The first kappa shape index (κ1) is 18.3. The number of amides is 1. The van der Waals surface area contributed by atoms with Crippen LogP contribution in [0.15, 0.2) is 42.5 Å². The van der Waals surface area contributed by atoms with Gasteiger partial charge in [0.2, 0.25) is 0 Å². The summed E-state index contributed by atoms with van der Waals surface area (Å²) in [4.78, 5) is 14.8. The Morgan fingerprint density at radius 2 is 2.03 bits per heavy atom. The van der Waals surface area contributed by atoms with Crippen molar-refractivity contribution in [2.45, 2.75) is 31.0 Å². The van der Waals surface area contributed by atoms with E-state index in [1.54, 1.807) is 11.0 Å². The predicted octanol–water partition coefficient (Wildman–Crippen LogP) is 3.13. The molecular formula is C22H22FN3O3. The molecule has 1 spiro atoms. The third-order valence-electron chi connectivity index (χ3n) is 6.04. The molecule has 0 saturated carbocycles. The first-order valence-corrected chi connectivity index (χ1v) is 9.88. The maximum Gasteiger partial charge on any atom is 0.253 e. The van der Waals surface area contributed by atoms with E-state index in [-0.39, 0.29) is 11.5 Å². The van der Waals surface area contributed by atoms with Gasteiger partial charge in [0.05, 0.1) is 23.8 Å². The molecule has 5 rings (SSSR count). The number of aromatic nitrogens is 2. The lowest BCUT2D eigenvalue weighted by Gasteiger charge is -2.38. The predicted molar refractivity (Wildman–Crippen MR) is 106 cm³/mol. The summed E-state index contributed by atoms with van der Waals surface area (Å²) in [6.45, 7) is 1.42. The standard InChI is InChI=1S/C22H22FN3O3/c23-16-10-14(20-18-3-1-2-4-19(18)24-25-20)9-15(11-16)21(28)26-7-5-22(6-8-26)12-17(27)13-29-22/h1-4,9-11,17,27H,5-8,12-13H2,(H,24,25). The number of aromatic amines is 1. The van der Waals surface area contributed by atoms with Crippen LogP contribution in [-0.2, 0) is 4.74 Å². The Morgan fingerprint density at radius 3 is 2.79 bits per heavy atom. The molecule has 3 aromatic rings. The summed E-state index contributed by atoms with van der Waals surface area (Å²) < 4.78 is 20.2. The van der Waals surface area contributed by atoms with Crippen molar-refractivity contribution in [3.05, 3.63) is 53.8 Å². The van der Waals surface area contributed by atoms with Crippen LogP contribution in [0.25, 0.3) is 22.2 Å². The minimum Gasteiger partial charge on any atom is -0.391 e. The molecule has 1 atom stereocenters. The van der Waals surface area contributed by atoms with E-state index >= 15 is 0 Å². The lowest BCUT2D eigenvalue weighted by molar-refractivity contribution is -0.0398. The second-order valence-corrected chi connectivity index (χ2v) is 7.99. The fourth-order valence-electron chi connectivity index (χ4n) is 4.50. The third kappa shape index (κ3) is 3.30. The smallest absolute Gasteiger partial charge is 0.253 e. The molecule has 0 aliphatic carbocycles. The highest BCUT2D eigenvalue weighted by molar-refractivity contribution is 5.98. The van der Waals surface area contributed by atoms with E-state index in [9.17, 15) is 14.3 Å². The normalized spacial score (nSPS) is 21.2. The number of nitrogens with zero attached hydrogens (tertiary/aromatic N) is 2. The number of para-hydroxylation sites is 1. The monoisotopic (exact) mass is 395 g/mol. The zero-order valence-electron chi connectivity index (χ0n) is 15.9. The molecule has 1 aromatic heterocycles. The van der Waals surface area contributed by atoms with Crippen molar-refractivity contribution < 1.29 is 19.0 Å². The Kier molecular flexibility index (Phi) is 4.37. The molecule has 1 amide bonds. The Labute approximate surface area is 167 Å². The van der Waals surface area contributed by atoms with E-state index in [0.717, 1.165) is 10.9 Å². The van der Waals surface area contributed by atoms with E-state index in [0.29, 0.717) is 55.8 Å². The van der Waals surface area contributed by atoms with Crippen molar-refractivity contribution in [1.82, 2.24) is 15.1 Å². The molecule has 2 saturated heterocycles. The van der Waals surface area contributed by atoms with Gasteiger partial charge in [-0.3, -0.25) is 9.89 Å². The van der Waals surface area contributed by atoms with Crippen LogP contribution < -0.4 is 0 Å². The lowest BCUT2D eigenvalue weighted by Crippen LogP contribution is -2.46. The summed E-state index contributed by atoms with van der Waals surface area (Å²) in [6, 6.07) is 12.0. The van der Waals surface area contributed by atoms with Gasteiger partial charge in [0.25, 0.3) is 5.91 Å². The number of benzene rings is 2. The molecule has 1 unspecified atom stereocenters. The average molecular weight is 395 g/mol. The fourth-order valence-corrected chi connectivity index (χ4v) is 4.50. The minimum absolute atomic E-state index is 0.195. The van der Waals surface area contributed by atoms with Gasteiger partial charge in [-0.25, -0.2) is 4.39 Å². The Hall–Kier alpha value is -2.77. The molecule has 2 aromatic carbocycles. The maximum atomic E-state index is 14.4. The highest BCUT2D eigenvalue weighted by Crippen LogP contribution is 2.36. The molecule has 2 aliphatic heterocycles. The number of likely N-dealkylation sites (tertiary alicyclic amines) is 1. The Bertz CT molecular complexity index is 1070. The number of nitrogens with one attached hydrogen (secondary N) is 1. The molecule has 0 radical (unpaired) electrons. The number of piperidine rings is 1. The zero-order chi connectivity index (χ0) is 20.0. The SMILES string of the molecule is O=C(c1cc(F)cc(-c2n[nH]c3ccccc23)c1)N1CCC2(CC1)CC(O)CO2. The maximum absolute atomic E-state index is 14.4. The molecule has 7 heteroatoms. The van der Waals surface area contributed by atoms with Crippen molar-refractivity contribution in [3.63, 3.8) is 0 Å². The summed E-state index contributed by atoms with van der Waals surface area (Å²) in [5, 5.41) is 17.9. The van der Waals surface area contributed by atoms with Gasteiger partial charge in [-0.05, 0) is 37.1 Å². The number of hydrogen-bond donors (Lipinski definition) is 2. The largest absolute Gasteiger partial charge is 0.391 e. The average Bonchev–Trinajstić information content (AvgIpc) is 3.31. The van der Waals surface area contributed by atoms with Crippen molar-refractivity contribution in [3.8, 4) is 11.3 Å². The van der Waals surface area contributed by atoms with Crippen LogP contribution in [-0.4, -0.2) is 57.5 Å². The molecule has 2 aliphatic rings. The second-order valence-electron chi connectivity index (χ2n) is 7.99. The van der Waals surface area contributed by atoms with Gasteiger partial charge in [0.1, 0.15) is 11.5 Å². The van der Waals surface area contributed by atoms with Gasteiger partial charge in [-0.2, -0.15) is 5.10 Å². The van der Waals surface area contributed by atoms with Crippen LogP contribution in [0.1, 0.15) is 29.6 Å². The topological polar surface area (TPSA) is 78.5 Å². The van der Waals surface area contributed by atoms with Crippen LogP contribution in [0.4, 0.5) is 4.39 Å². The molecular weight excluding hydrogens is 373 g/mol. The van der Waals surface area contributed by atoms with E-state index in [1.165, 1.54) is 12.1 Å². The van der Waals surface area contributed by atoms with E-state index in [2.05, 4.69) is 10.2 Å². The molecule has 6 nitrogen and oxygen atoms in total. The number of aliphatic hydroxyl groups is 1. The number of hydrogen-bond acceptors (Lipinski definition) is 4. The number of aliphatic hydroxyl groups excluding tert-OH is 1. The minimum atomic E-state index is -0.464. The van der Waals surface area contributed by atoms with Crippen molar-refractivity contribution in [2.75, 3.05) is 19.7 Å². The van der Waals surface area contributed by atoms with Gasteiger partial charge >= 0.3 is 0 Å². The van der Waals surface area contributed by atoms with Crippen LogP contribution in [0.5, 0.6) is 0 Å². The summed E-state index contributed by atoms with van der Waals surface area (Å²) in [5.74, 6) is -0.660. The van der Waals surface area contributed by atoms with Gasteiger partial charge in [-0.15, -0.1) is 0 Å². The molecule has 150 valence electrons. The van der Waals surface area contributed by atoms with Gasteiger partial charge in [0, 0.05) is 36.0 Å². The number of carbonyl (C=O) groups excluding carboxylic acids is 1. The number of carbonyl (C=O) groups is 1. The number of halogens is 1. The molecule has 2 fully saturated rings. The summed E-state index contributed by atoms with van der Waals surface area (Å²) in [5.41, 5.74) is 2.05. The van der Waals surface area contributed by atoms with Gasteiger partial charge < -0.3 is 14.7 Å². The molecule has 29 heavy (non-hydrogen) atoms. The van der Waals surface area contributed by atoms with Crippen LogP contribution in [0.2, 0.25) is 0 Å². The van der Waals surface area contributed by atoms with Crippen LogP contribution in [0, 0.1) is 5.82 Å². The van der Waals surface area contributed by atoms with Crippen molar-refractivity contribution >= 4 is 16.8 Å². The highest BCUT2D eigenvalue weighted by atomic mass is 19.1. The molecule has 2 N–H and O–H groups in total. The molecule has 3 heterocycles. The van der Waals surface area contributed by atoms with E-state index in [4.69, 9.17) is 4.74 Å². The van der Waals surface area contributed by atoms with Gasteiger partial charge in [0.15, 0.2) is 0 Å². The Morgan fingerprint density at radius 1 is 1.24 bits per heavy atom. The second kappa shape index (κ2) is 6.93. The first-order valence-electron chi connectivity index (χ1n) is 9.88. The van der Waals surface area contributed by atoms with Crippen molar-refractivity contribution in [2.24, 2.45) is 0 Å². The number of fused-ring (bicyclic) bond motifs is 1. The van der Waals surface area contributed by atoms with Gasteiger partial charge in [-0.1, -0.05) is 18.2 Å². The lowest BCUT2D eigenvalue weighted by atomic mass is 9.87. The van der Waals surface area contributed by atoms with Crippen LogP contribution in [0.3, 0.4) is 0 Å². The third-order valence-corrected chi connectivity index (χ3v) is 6.04. The van der Waals surface area contributed by atoms with E-state index in [1.807, 2.05) is 24.3 Å². The molecule has 0 bridgehead atoms. The van der Waals surface area contributed by atoms with E-state index < -0.39 is 11.9 Å². The number of H-pyrrole nitrogens is 1. The zero-order valence-corrected chi connectivity index (χ0v) is 15.9. The number of ether oxygens (including phenoxy) is 1. The first-order chi connectivity index (χ1) is 14.0. The fraction of sp³-hybridized carbons (Fsp3) is 0.364. The van der Waals surface area contributed by atoms with Crippen LogP contribution >= 0.6 is 0 Å². The quantitative estimate of drug-likeness (QED) is 0.699.